The molecular weight excluding hydrogens is 252 g/mol. The maximum atomic E-state index is 12.2. The molecule has 5 heteroatoms. The molecule has 0 bridgehead atoms. The van der Waals surface area contributed by atoms with Crippen LogP contribution < -0.4 is 5.32 Å². The number of rotatable bonds is 2. The summed E-state index contributed by atoms with van der Waals surface area (Å²) < 4.78 is 0. The molecule has 0 aromatic heterocycles. The zero-order chi connectivity index (χ0) is 14.1. The highest BCUT2D eigenvalue weighted by molar-refractivity contribution is 6.25. The first-order chi connectivity index (χ1) is 8.18. The maximum absolute atomic E-state index is 12.2. The van der Waals surface area contributed by atoms with E-state index >= 15 is 0 Å². The van der Waals surface area contributed by atoms with Crippen LogP contribution in [0.1, 0.15) is 34.6 Å². The lowest BCUT2D eigenvalue weighted by atomic mass is 9.83. The summed E-state index contributed by atoms with van der Waals surface area (Å²) in [6, 6.07) is -0.938. The Hall–Kier alpha value is -1.03. The van der Waals surface area contributed by atoms with Gasteiger partial charge in [-0.15, -0.1) is 0 Å². The second-order valence-electron chi connectivity index (χ2n) is 5.92. The molecule has 2 amide bonds. The predicted molar refractivity (Wildman–Crippen MR) is 72.2 cm³/mol. The van der Waals surface area contributed by atoms with Crippen molar-refractivity contribution in [3.63, 3.8) is 0 Å². The lowest BCUT2D eigenvalue weighted by molar-refractivity contribution is -0.152. The van der Waals surface area contributed by atoms with Gasteiger partial charge in [-0.1, -0.05) is 32.4 Å². The lowest BCUT2D eigenvalue weighted by Gasteiger charge is -2.44. The Morgan fingerprint density at radius 3 is 2.44 bits per heavy atom. The number of hydrogen-bond acceptors (Lipinski definition) is 2. The van der Waals surface area contributed by atoms with Crippen molar-refractivity contribution >= 4 is 23.4 Å². The molecule has 0 aromatic rings. The van der Waals surface area contributed by atoms with Crippen LogP contribution in [-0.2, 0) is 9.59 Å². The predicted octanol–water partition coefficient (Wildman–Crippen LogP) is 1.89. The Morgan fingerprint density at radius 1 is 1.44 bits per heavy atom. The monoisotopic (exact) mass is 272 g/mol. The summed E-state index contributed by atoms with van der Waals surface area (Å²) in [5, 5.41) is 2.72. The van der Waals surface area contributed by atoms with E-state index in [-0.39, 0.29) is 17.2 Å². The van der Waals surface area contributed by atoms with Gasteiger partial charge in [0.05, 0.1) is 0 Å². The molecule has 1 saturated heterocycles. The van der Waals surface area contributed by atoms with E-state index in [9.17, 15) is 9.59 Å². The zero-order valence-corrected chi connectivity index (χ0v) is 12.3. The van der Waals surface area contributed by atoms with Crippen LogP contribution in [0.3, 0.4) is 0 Å². The molecule has 2 unspecified atom stereocenters. The van der Waals surface area contributed by atoms with Crippen molar-refractivity contribution in [3.8, 4) is 0 Å². The summed E-state index contributed by atoms with van der Waals surface area (Å²) in [5.74, 6) is -0.163. The van der Waals surface area contributed by atoms with Crippen molar-refractivity contribution in [2.75, 3.05) is 6.54 Å². The van der Waals surface area contributed by atoms with Crippen LogP contribution >= 0.6 is 11.6 Å². The summed E-state index contributed by atoms with van der Waals surface area (Å²) >= 11 is 5.65. The molecule has 1 rings (SSSR count). The van der Waals surface area contributed by atoms with Gasteiger partial charge in [-0.2, -0.15) is 0 Å². The van der Waals surface area contributed by atoms with Crippen LogP contribution in [0.4, 0.5) is 0 Å². The van der Waals surface area contributed by atoms with Gasteiger partial charge in [-0.05, 0) is 24.8 Å². The minimum absolute atomic E-state index is 0.0626. The van der Waals surface area contributed by atoms with Crippen molar-refractivity contribution in [1.29, 1.82) is 0 Å². The fourth-order valence-corrected chi connectivity index (χ4v) is 2.27. The van der Waals surface area contributed by atoms with E-state index in [4.69, 9.17) is 11.6 Å². The van der Waals surface area contributed by atoms with Gasteiger partial charge in [-0.3, -0.25) is 9.59 Å². The van der Waals surface area contributed by atoms with Crippen molar-refractivity contribution in [2.24, 2.45) is 5.41 Å². The third kappa shape index (κ3) is 3.05. The van der Waals surface area contributed by atoms with E-state index in [1.807, 2.05) is 27.7 Å². The number of nitrogens with zero attached hydrogens (tertiary/aromatic N) is 1. The van der Waals surface area contributed by atoms with Crippen molar-refractivity contribution in [2.45, 2.75) is 46.7 Å². The molecule has 0 spiro atoms. The second kappa shape index (κ2) is 5.31. The first kappa shape index (κ1) is 15.0. The van der Waals surface area contributed by atoms with Crippen LogP contribution in [0, 0.1) is 5.41 Å². The van der Waals surface area contributed by atoms with Gasteiger partial charge in [0, 0.05) is 12.1 Å². The van der Waals surface area contributed by atoms with Crippen molar-refractivity contribution in [3.05, 3.63) is 11.1 Å². The maximum Gasteiger partial charge on any atom is 0.245 e. The Kier molecular flexibility index (Phi) is 4.43. The highest BCUT2D eigenvalue weighted by Crippen LogP contribution is 2.28. The number of carbonyl (C=O) groups excluding carboxylic acids is 2. The Morgan fingerprint density at radius 2 is 2.00 bits per heavy atom. The minimum Gasteiger partial charge on any atom is -0.343 e. The molecule has 4 nitrogen and oxygen atoms in total. The molecule has 1 fully saturated rings. The molecule has 0 radical (unpaired) electrons. The largest absolute Gasteiger partial charge is 0.343 e. The van der Waals surface area contributed by atoms with Crippen molar-refractivity contribution < 1.29 is 9.59 Å². The molecule has 102 valence electrons. The van der Waals surface area contributed by atoms with Crippen molar-refractivity contribution in [1.82, 2.24) is 10.2 Å². The summed E-state index contributed by atoms with van der Waals surface area (Å²) in [5.41, 5.74) is 2.00. The molecule has 1 heterocycles. The average Bonchev–Trinajstić information content (AvgIpc) is 2.23. The standard InChI is InChI=1S/C13H21ClN2O2/c1-8(6-14)7-16-10(13(3,4)5)11(17)15-9(2)12(16)18/h6,9-10H,7H2,1-5H3,(H,15,17). The Labute approximate surface area is 113 Å². The summed E-state index contributed by atoms with van der Waals surface area (Å²) in [6.45, 7) is 9.79. The first-order valence-electron chi connectivity index (χ1n) is 6.05. The zero-order valence-electron chi connectivity index (χ0n) is 11.6. The van der Waals surface area contributed by atoms with E-state index in [0.29, 0.717) is 6.54 Å². The number of halogens is 1. The van der Waals surface area contributed by atoms with E-state index in [0.717, 1.165) is 5.57 Å². The van der Waals surface area contributed by atoms with Gasteiger partial charge in [0.2, 0.25) is 11.8 Å². The molecule has 0 aliphatic carbocycles. The van der Waals surface area contributed by atoms with Gasteiger partial charge in [-0.25, -0.2) is 0 Å². The fourth-order valence-electron chi connectivity index (χ4n) is 2.20. The highest BCUT2D eigenvalue weighted by Gasteiger charge is 2.44. The van der Waals surface area contributed by atoms with E-state index in [2.05, 4.69) is 5.32 Å². The van der Waals surface area contributed by atoms with Crippen LogP contribution in [0.2, 0.25) is 0 Å². The van der Waals surface area contributed by atoms with Gasteiger partial charge in [0.25, 0.3) is 0 Å². The van der Waals surface area contributed by atoms with E-state index < -0.39 is 12.1 Å². The normalized spacial score (nSPS) is 26.3. The summed E-state index contributed by atoms with van der Waals surface area (Å²) in [4.78, 5) is 26.0. The quantitative estimate of drug-likeness (QED) is 0.835. The van der Waals surface area contributed by atoms with Gasteiger partial charge in [0.15, 0.2) is 0 Å². The van der Waals surface area contributed by atoms with Crippen LogP contribution in [0.5, 0.6) is 0 Å². The van der Waals surface area contributed by atoms with Gasteiger partial charge in [0.1, 0.15) is 12.1 Å². The Bertz CT molecular complexity index is 385. The molecule has 0 saturated carbocycles. The average molecular weight is 273 g/mol. The topological polar surface area (TPSA) is 49.4 Å². The molecular formula is C13H21ClN2O2. The van der Waals surface area contributed by atoms with Crippen LogP contribution in [0.15, 0.2) is 11.1 Å². The fraction of sp³-hybridized carbons (Fsp3) is 0.692. The number of hydrogen-bond donors (Lipinski definition) is 1. The molecule has 18 heavy (non-hydrogen) atoms. The third-order valence-electron chi connectivity index (χ3n) is 3.00. The molecule has 1 N–H and O–H groups in total. The molecule has 0 aromatic carbocycles. The van der Waals surface area contributed by atoms with Crippen LogP contribution in [0.25, 0.3) is 0 Å². The van der Waals surface area contributed by atoms with E-state index in [1.54, 1.807) is 11.8 Å². The number of nitrogens with one attached hydrogen (secondary N) is 1. The molecule has 2 atom stereocenters. The third-order valence-corrected chi connectivity index (χ3v) is 3.37. The summed E-state index contributed by atoms with van der Waals surface area (Å²) in [7, 11) is 0. The summed E-state index contributed by atoms with van der Waals surface area (Å²) in [6.07, 6.45) is 0. The SMILES string of the molecule is CC(=CCl)CN1C(=O)C(C)NC(=O)C1C(C)(C)C. The lowest BCUT2D eigenvalue weighted by Crippen LogP contribution is -2.66. The van der Waals surface area contributed by atoms with Crippen LogP contribution in [-0.4, -0.2) is 35.3 Å². The number of carbonyl (C=O) groups is 2. The molecule has 1 aliphatic heterocycles. The molecule has 1 aliphatic rings. The highest BCUT2D eigenvalue weighted by atomic mass is 35.5. The number of amides is 2. The minimum atomic E-state index is -0.473. The first-order valence-corrected chi connectivity index (χ1v) is 6.49. The van der Waals surface area contributed by atoms with Gasteiger partial charge < -0.3 is 10.2 Å². The van der Waals surface area contributed by atoms with Gasteiger partial charge >= 0.3 is 0 Å². The van der Waals surface area contributed by atoms with E-state index in [1.165, 1.54) is 5.54 Å². The smallest absolute Gasteiger partial charge is 0.245 e. The second-order valence-corrected chi connectivity index (χ2v) is 6.14. The Balaban J connectivity index is 3.09. The number of piperazine rings is 1.